The van der Waals surface area contributed by atoms with Gasteiger partial charge in [0.05, 0.1) is 15.6 Å². The number of nitrogens with one attached hydrogen (secondary N) is 1. The molecule has 0 heterocycles. The first kappa shape index (κ1) is 18.2. The largest absolute Gasteiger partial charge is 0.276 e. The minimum atomic E-state index is -0.475. The van der Waals surface area contributed by atoms with Crippen LogP contribution in [0.25, 0.3) is 0 Å². The van der Waals surface area contributed by atoms with Gasteiger partial charge in [-0.1, -0.05) is 54.1 Å². The Morgan fingerprint density at radius 3 is 2.44 bits per heavy atom. The number of amidine groups is 1. The van der Waals surface area contributed by atoms with E-state index < -0.39 is 4.92 Å². The molecular weight excluding hydrogens is 366 g/mol. The third-order valence-corrected chi connectivity index (χ3v) is 3.80. The fourth-order valence-electron chi connectivity index (χ4n) is 2.17. The minimum absolute atomic E-state index is 0.0622. The van der Waals surface area contributed by atoms with Gasteiger partial charge in [0.25, 0.3) is 5.69 Å². The Morgan fingerprint density at radius 1 is 0.963 bits per heavy atom. The molecule has 27 heavy (non-hydrogen) atoms. The quantitative estimate of drug-likeness (QED) is 0.199. The molecule has 0 atom stereocenters. The second-order valence-corrected chi connectivity index (χ2v) is 5.78. The van der Waals surface area contributed by atoms with Crippen molar-refractivity contribution in [3.8, 4) is 0 Å². The van der Waals surface area contributed by atoms with Crippen LogP contribution in [0.4, 0.5) is 17.1 Å². The molecule has 3 aromatic rings. The molecule has 0 amide bonds. The molecule has 7 nitrogen and oxygen atoms in total. The van der Waals surface area contributed by atoms with Crippen molar-refractivity contribution in [1.29, 1.82) is 0 Å². The Hall–Kier alpha value is -3.58. The Morgan fingerprint density at radius 2 is 1.70 bits per heavy atom. The number of nitro groups is 1. The molecule has 0 spiro atoms. The SMILES string of the molecule is O=[N+]([O-])c1cccc(/C(N=Nc2ccccc2Cl)=N\Nc2ccccc2)c1. The number of anilines is 1. The molecule has 134 valence electrons. The molecule has 0 aliphatic rings. The highest BCUT2D eigenvalue weighted by Gasteiger charge is 2.10. The van der Waals surface area contributed by atoms with Crippen molar-refractivity contribution in [2.75, 3.05) is 5.43 Å². The van der Waals surface area contributed by atoms with E-state index in [0.29, 0.717) is 16.3 Å². The topological polar surface area (TPSA) is 92.2 Å². The summed E-state index contributed by atoms with van der Waals surface area (Å²) in [6.07, 6.45) is 0. The fraction of sp³-hybridized carbons (Fsp3) is 0. The summed E-state index contributed by atoms with van der Waals surface area (Å²) in [7, 11) is 0. The average Bonchev–Trinajstić information content (AvgIpc) is 2.70. The van der Waals surface area contributed by atoms with Crippen molar-refractivity contribution < 1.29 is 4.92 Å². The number of non-ortho nitro benzene ring substituents is 1. The minimum Gasteiger partial charge on any atom is -0.276 e. The Bertz CT molecular complexity index is 1010. The zero-order valence-corrected chi connectivity index (χ0v) is 14.7. The predicted molar refractivity (Wildman–Crippen MR) is 106 cm³/mol. The van der Waals surface area contributed by atoms with Gasteiger partial charge >= 0.3 is 0 Å². The monoisotopic (exact) mass is 379 g/mol. The summed E-state index contributed by atoms with van der Waals surface area (Å²) in [5.74, 6) is 0.183. The first-order valence-electron chi connectivity index (χ1n) is 7.93. The van der Waals surface area contributed by atoms with Crippen LogP contribution in [0.15, 0.2) is 94.2 Å². The summed E-state index contributed by atoms with van der Waals surface area (Å²) < 4.78 is 0. The number of nitro benzene ring substituents is 1. The molecular formula is C19H14ClN5O2. The molecule has 1 N–H and O–H groups in total. The standard InChI is InChI=1S/C19H14ClN5O2/c20-17-11-4-5-12-18(17)22-24-19(23-21-15-8-2-1-3-9-15)14-7-6-10-16(13-14)25(26)27/h1-13,21H/b23-19+,24-22?. The highest BCUT2D eigenvalue weighted by Crippen LogP contribution is 2.24. The maximum Gasteiger partial charge on any atom is 0.270 e. The normalized spacial score (nSPS) is 11.5. The average molecular weight is 380 g/mol. The zero-order chi connectivity index (χ0) is 19.1. The first-order chi connectivity index (χ1) is 13.1. The highest BCUT2D eigenvalue weighted by molar-refractivity contribution is 6.32. The highest BCUT2D eigenvalue weighted by atomic mass is 35.5. The van der Waals surface area contributed by atoms with Crippen LogP contribution in [0.5, 0.6) is 0 Å². The van der Waals surface area contributed by atoms with Crippen LogP contribution >= 0.6 is 11.6 Å². The summed E-state index contributed by atoms with van der Waals surface area (Å²) in [5, 5.41) is 24.0. The van der Waals surface area contributed by atoms with Gasteiger partial charge < -0.3 is 0 Å². The van der Waals surface area contributed by atoms with E-state index in [-0.39, 0.29) is 11.5 Å². The second kappa shape index (κ2) is 8.68. The molecule has 0 saturated heterocycles. The van der Waals surface area contributed by atoms with Crippen LogP contribution in [0.1, 0.15) is 5.56 Å². The molecule has 3 aromatic carbocycles. The van der Waals surface area contributed by atoms with E-state index in [1.165, 1.54) is 12.1 Å². The Labute approximate surface area is 160 Å². The van der Waals surface area contributed by atoms with Gasteiger partial charge in [0.1, 0.15) is 5.69 Å². The van der Waals surface area contributed by atoms with Gasteiger partial charge in [-0.25, -0.2) is 0 Å². The first-order valence-corrected chi connectivity index (χ1v) is 8.31. The maximum absolute atomic E-state index is 11.1. The fourth-order valence-corrected chi connectivity index (χ4v) is 2.34. The van der Waals surface area contributed by atoms with E-state index >= 15 is 0 Å². The lowest BCUT2D eigenvalue weighted by Gasteiger charge is -2.04. The predicted octanol–water partition coefficient (Wildman–Crippen LogP) is 5.81. The number of nitrogens with zero attached hydrogens (tertiary/aromatic N) is 4. The van der Waals surface area contributed by atoms with Crippen LogP contribution in [0.2, 0.25) is 5.02 Å². The Kier molecular flexibility index (Phi) is 5.86. The number of rotatable bonds is 5. The van der Waals surface area contributed by atoms with E-state index in [2.05, 4.69) is 20.8 Å². The zero-order valence-electron chi connectivity index (χ0n) is 14.0. The van der Waals surface area contributed by atoms with Crippen molar-refractivity contribution in [2.45, 2.75) is 0 Å². The van der Waals surface area contributed by atoms with Gasteiger partial charge in [-0.15, -0.1) is 10.2 Å². The third kappa shape index (κ3) is 4.96. The number of hydrogen-bond donors (Lipinski definition) is 1. The number of para-hydroxylation sites is 1. The molecule has 0 fully saturated rings. The number of halogens is 1. The van der Waals surface area contributed by atoms with Crippen molar-refractivity contribution in [1.82, 2.24) is 0 Å². The van der Waals surface area contributed by atoms with E-state index in [0.717, 1.165) is 5.69 Å². The lowest BCUT2D eigenvalue weighted by atomic mass is 10.2. The summed E-state index contributed by atoms with van der Waals surface area (Å²) in [6.45, 7) is 0. The van der Waals surface area contributed by atoms with Crippen molar-refractivity contribution in [2.24, 2.45) is 15.3 Å². The number of hydrazone groups is 1. The third-order valence-electron chi connectivity index (χ3n) is 3.48. The van der Waals surface area contributed by atoms with Crippen LogP contribution in [0, 0.1) is 10.1 Å². The number of benzene rings is 3. The maximum atomic E-state index is 11.1. The molecule has 0 unspecified atom stereocenters. The van der Waals surface area contributed by atoms with Gasteiger partial charge in [-0.05, 0) is 24.3 Å². The van der Waals surface area contributed by atoms with Gasteiger partial charge in [0.15, 0.2) is 0 Å². The summed E-state index contributed by atoms with van der Waals surface area (Å²) in [6, 6.07) is 22.3. The summed E-state index contributed by atoms with van der Waals surface area (Å²) >= 11 is 6.09. The molecule has 0 radical (unpaired) electrons. The van der Waals surface area contributed by atoms with Crippen molar-refractivity contribution in [3.63, 3.8) is 0 Å². The number of azo groups is 1. The van der Waals surface area contributed by atoms with Gasteiger partial charge in [-0.3, -0.25) is 15.5 Å². The van der Waals surface area contributed by atoms with E-state index in [9.17, 15) is 10.1 Å². The van der Waals surface area contributed by atoms with Gasteiger partial charge in [0, 0.05) is 17.7 Å². The molecule has 0 bridgehead atoms. The lowest BCUT2D eigenvalue weighted by Crippen LogP contribution is -2.02. The molecule has 0 saturated carbocycles. The summed E-state index contributed by atoms with van der Waals surface area (Å²) in [4.78, 5) is 10.6. The van der Waals surface area contributed by atoms with E-state index in [4.69, 9.17) is 11.6 Å². The molecule has 8 heteroatoms. The van der Waals surface area contributed by atoms with Crippen LogP contribution in [-0.2, 0) is 0 Å². The smallest absolute Gasteiger partial charge is 0.270 e. The van der Waals surface area contributed by atoms with Crippen LogP contribution in [-0.4, -0.2) is 10.8 Å². The van der Waals surface area contributed by atoms with Crippen LogP contribution in [0.3, 0.4) is 0 Å². The lowest BCUT2D eigenvalue weighted by molar-refractivity contribution is -0.384. The molecule has 3 rings (SSSR count). The summed E-state index contributed by atoms with van der Waals surface area (Å²) in [5.41, 5.74) is 4.47. The molecule has 0 aliphatic carbocycles. The van der Waals surface area contributed by atoms with Crippen molar-refractivity contribution >= 4 is 34.5 Å². The van der Waals surface area contributed by atoms with Crippen LogP contribution < -0.4 is 5.43 Å². The molecule has 0 aliphatic heterocycles. The van der Waals surface area contributed by atoms with Gasteiger partial charge in [-0.2, -0.15) is 5.10 Å². The number of hydrogen-bond acceptors (Lipinski definition) is 5. The van der Waals surface area contributed by atoms with E-state index in [1.54, 1.807) is 36.4 Å². The molecule has 0 aromatic heterocycles. The van der Waals surface area contributed by atoms with Gasteiger partial charge in [0.2, 0.25) is 5.84 Å². The van der Waals surface area contributed by atoms with Crippen molar-refractivity contribution in [3.05, 3.63) is 99.6 Å². The second-order valence-electron chi connectivity index (χ2n) is 5.37. The Balaban J connectivity index is 1.97. The van der Waals surface area contributed by atoms with E-state index in [1.807, 2.05) is 30.3 Å².